The van der Waals surface area contributed by atoms with Gasteiger partial charge in [0.1, 0.15) is 5.69 Å². The summed E-state index contributed by atoms with van der Waals surface area (Å²) < 4.78 is 8.34. The van der Waals surface area contributed by atoms with E-state index >= 15 is 0 Å². The fraction of sp³-hybridized carbons (Fsp3) is 0.259. The maximum absolute atomic E-state index is 12.6. The van der Waals surface area contributed by atoms with Gasteiger partial charge in [-0.05, 0) is 44.4 Å². The molecule has 0 aliphatic rings. The zero-order valence-corrected chi connectivity index (χ0v) is 19.5. The van der Waals surface area contributed by atoms with Crippen molar-refractivity contribution in [1.82, 2.24) is 19.4 Å². The standard InChI is InChI=1S/C27H28N4O3/c1-3-20(19-25(33)34-4-2)11-10-18-31-24(32)16-15-22(28-31)26-23-14-8-9-17-30(23)29-27(26)21-12-6-5-7-13-21/h5-9,12-17,19H,3-4,10-11,18H2,1-2H3. The summed E-state index contributed by atoms with van der Waals surface area (Å²) in [6.45, 7) is 4.60. The van der Waals surface area contributed by atoms with Crippen LogP contribution in [0.1, 0.15) is 33.1 Å². The number of aryl methyl sites for hydroxylation is 1. The highest BCUT2D eigenvalue weighted by Crippen LogP contribution is 2.33. The van der Waals surface area contributed by atoms with E-state index in [-0.39, 0.29) is 11.5 Å². The second-order valence-corrected chi connectivity index (χ2v) is 7.91. The fourth-order valence-electron chi connectivity index (χ4n) is 3.95. The van der Waals surface area contributed by atoms with Crippen LogP contribution in [0.2, 0.25) is 0 Å². The molecule has 0 spiro atoms. The Kier molecular flexibility index (Phi) is 7.32. The maximum Gasteiger partial charge on any atom is 0.330 e. The van der Waals surface area contributed by atoms with Gasteiger partial charge in [-0.2, -0.15) is 10.2 Å². The van der Waals surface area contributed by atoms with Crippen molar-refractivity contribution >= 4 is 11.5 Å². The third-order valence-electron chi connectivity index (χ3n) is 5.64. The molecule has 0 amide bonds. The third kappa shape index (κ3) is 5.14. The molecule has 0 N–H and O–H groups in total. The van der Waals surface area contributed by atoms with E-state index in [0.29, 0.717) is 31.7 Å². The van der Waals surface area contributed by atoms with Gasteiger partial charge in [0.2, 0.25) is 0 Å². The molecule has 0 atom stereocenters. The Hall–Kier alpha value is -4.00. The molecule has 174 valence electrons. The molecule has 0 radical (unpaired) electrons. The van der Waals surface area contributed by atoms with Crippen LogP contribution in [0.5, 0.6) is 0 Å². The molecule has 4 rings (SSSR count). The smallest absolute Gasteiger partial charge is 0.330 e. The summed E-state index contributed by atoms with van der Waals surface area (Å²) in [6, 6.07) is 19.2. The van der Waals surface area contributed by atoms with Gasteiger partial charge in [-0.15, -0.1) is 0 Å². The maximum atomic E-state index is 12.6. The summed E-state index contributed by atoms with van der Waals surface area (Å²) in [4.78, 5) is 24.3. The number of carbonyl (C=O) groups excluding carboxylic acids is 1. The molecule has 34 heavy (non-hydrogen) atoms. The van der Waals surface area contributed by atoms with Gasteiger partial charge in [-0.25, -0.2) is 14.0 Å². The van der Waals surface area contributed by atoms with Crippen molar-refractivity contribution < 1.29 is 9.53 Å². The summed E-state index contributed by atoms with van der Waals surface area (Å²) in [5.41, 5.74) is 5.14. The molecule has 0 fully saturated rings. The number of pyridine rings is 1. The number of ether oxygens (including phenoxy) is 1. The summed E-state index contributed by atoms with van der Waals surface area (Å²) in [5.74, 6) is -0.321. The molecule has 0 aliphatic heterocycles. The average molecular weight is 457 g/mol. The zero-order chi connectivity index (χ0) is 23.9. The van der Waals surface area contributed by atoms with Crippen LogP contribution >= 0.6 is 0 Å². The first-order chi connectivity index (χ1) is 16.6. The van der Waals surface area contributed by atoms with Gasteiger partial charge in [-0.3, -0.25) is 4.79 Å². The number of nitrogens with zero attached hydrogens (tertiary/aromatic N) is 4. The highest BCUT2D eigenvalue weighted by molar-refractivity contribution is 5.90. The Morgan fingerprint density at radius 1 is 1.00 bits per heavy atom. The van der Waals surface area contributed by atoms with Crippen LogP contribution in [0.3, 0.4) is 0 Å². The van der Waals surface area contributed by atoms with Crippen LogP contribution in [-0.4, -0.2) is 32.0 Å². The molecule has 0 unspecified atom stereocenters. The zero-order valence-electron chi connectivity index (χ0n) is 19.5. The predicted octanol–water partition coefficient (Wildman–Crippen LogP) is 4.90. The first-order valence-electron chi connectivity index (χ1n) is 11.6. The molecule has 0 saturated carbocycles. The lowest BCUT2D eigenvalue weighted by atomic mass is 10.0. The summed E-state index contributed by atoms with van der Waals surface area (Å²) in [7, 11) is 0. The molecule has 0 aliphatic carbocycles. The van der Waals surface area contributed by atoms with E-state index in [1.165, 1.54) is 4.68 Å². The van der Waals surface area contributed by atoms with Crippen molar-refractivity contribution in [2.24, 2.45) is 0 Å². The molecule has 7 nitrogen and oxygen atoms in total. The average Bonchev–Trinajstić information content (AvgIpc) is 3.25. The topological polar surface area (TPSA) is 78.5 Å². The lowest BCUT2D eigenvalue weighted by Crippen LogP contribution is -2.22. The van der Waals surface area contributed by atoms with Crippen molar-refractivity contribution in [3.05, 3.63) is 88.9 Å². The van der Waals surface area contributed by atoms with Crippen LogP contribution in [0.25, 0.3) is 28.0 Å². The molecular formula is C27H28N4O3. The molecule has 0 saturated heterocycles. The Balaban J connectivity index is 1.64. The van der Waals surface area contributed by atoms with Crippen molar-refractivity contribution in [3.8, 4) is 22.5 Å². The molecule has 7 heteroatoms. The van der Waals surface area contributed by atoms with Gasteiger partial charge in [0, 0.05) is 30.4 Å². The lowest BCUT2D eigenvalue weighted by molar-refractivity contribution is -0.137. The summed E-state index contributed by atoms with van der Waals surface area (Å²) >= 11 is 0. The highest BCUT2D eigenvalue weighted by atomic mass is 16.5. The Morgan fingerprint density at radius 2 is 1.79 bits per heavy atom. The highest BCUT2D eigenvalue weighted by Gasteiger charge is 2.18. The van der Waals surface area contributed by atoms with Crippen molar-refractivity contribution in [1.29, 1.82) is 0 Å². The number of fused-ring (bicyclic) bond motifs is 1. The Labute approximate surface area is 198 Å². The van der Waals surface area contributed by atoms with Gasteiger partial charge in [0.15, 0.2) is 0 Å². The van der Waals surface area contributed by atoms with Gasteiger partial charge >= 0.3 is 5.97 Å². The number of hydrogen-bond acceptors (Lipinski definition) is 5. The van der Waals surface area contributed by atoms with Crippen molar-refractivity contribution in [2.45, 2.75) is 39.7 Å². The lowest BCUT2D eigenvalue weighted by Gasteiger charge is -2.09. The minimum atomic E-state index is -0.321. The van der Waals surface area contributed by atoms with E-state index in [2.05, 4.69) is 0 Å². The Bertz CT molecular complexity index is 1370. The summed E-state index contributed by atoms with van der Waals surface area (Å²) in [5, 5.41) is 9.49. The van der Waals surface area contributed by atoms with E-state index in [0.717, 1.165) is 34.3 Å². The molecule has 0 bridgehead atoms. The van der Waals surface area contributed by atoms with Crippen molar-refractivity contribution in [2.75, 3.05) is 6.61 Å². The molecule has 3 heterocycles. The SMILES string of the molecule is CCOC(=O)C=C(CC)CCCn1nc(-c2c(-c3ccccc3)nn3ccccc23)ccc1=O. The van der Waals surface area contributed by atoms with Crippen LogP contribution in [0.15, 0.2) is 83.3 Å². The largest absolute Gasteiger partial charge is 0.463 e. The number of hydrogen-bond donors (Lipinski definition) is 0. The number of rotatable bonds is 9. The monoisotopic (exact) mass is 456 g/mol. The first kappa shape index (κ1) is 23.2. The molecule has 1 aromatic carbocycles. The normalized spacial score (nSPS) is 11.6. The van der Waals surface area contributed by atoms with Gasteiger partial charge < -0.3 is 4.74 Å². The molecular weight excluding hydrogens is 428 g/mol. The van der Waals surface area contributed by atoms with Crippen LogP contribution in [0, 0.1) is 0 Å². The number of carbonyl (C=O) groups is 1. The van der Waals surface area contributed by atoms with Gasteiger partial charge in [0.05, 0.1) is 23.4 Å². The summed E-state index contributed by atoms with van der Waals surface area (Å²) in [6.07, 6.45) is 5.60. The van der Waals surface area contributed by atoms with Crippen LogP contribution in [-0.2, 0) is 16.1 Å². The van der Waals surface area contributed by atoms with E-state index in [4.69, 9.17) is 14.9 Å². The molecule has 3 aromatic heterocycles. The second-order valence-electron chi connectivity index (χ2n) is 7.91. The van der Waals surface area contributed by atoms with Crippen LogP contribution < -0.4 is 5.56 Å². The van der Waals surface area contributed by atoms with E-state index in [1.54, 1.807) is 25.1 Å². The van der Waals surface area contributed by atoms with E-state index in [9.17, 15) is 9.59 Å². The molecule has 4 aromatic rings. The van der Waals surface area contributed by atoms with E-state index < -0.39 is 0 Å². The number of esters is 1. The minimum Gasteiger partial charge on any atom is -0.463 e. The number of benzene rings is 1. The Morgan fingerprint density at radius 3 is 2.56 bits per heavy atom. The number of allylic oxidation sites excluding steroid dienone is 1. The second kappa shape index (κ2) is 10.7. The van der Waals surface area contributed by atoms with Crippen molar-refractivity contribution in [3.63, 3.8) is 0 Å². The first-order valence-corrected chi connectivity index (χ1v) is 11.6. The number of aromatic nitrogens is 4. The quantitative estimate of drug-likeness (QED) is 0.264. The predicted molar refractivity (Wildman–Crippen MR) is 132 cm³/mol. The fourth-order valence-corrected chi connectivity index (χ4v) is 3.95. The van der Waals surface area contributed by atoms with Gasteiger partial charge in [0.25, 0.3) is 5.56 Å². The van der Waals surface area contributed by atoms with Crippen LogP contribution in [0.4, 0.5) is 0 Å². The van der Waals surface area contributed by atoms with E-state index in [1.807, 2.05) is 66.2 Å². The van der Waals surface area contributed by atoms with Gasteiger partial charge in [-0.1, -0.05) is 48.9 Å². The third-order valence-corrected chi connectivity index (χ3v) is 5.64. The minimum absolute atomic E-state index is 0.158.